The maximum Gasteiger partial charge on any atom is 0.344 e. The van der Waals surface area contributed by atoms with Crippen LogP contribution in [-0.4, -0.2) is 35.8 Å². The molecular formula is C24H22N2O4S. The quantitative estimate of drug-likeness (QED) is 0.506. The minimum absolute atomic E-state index is 0.161. The maximum atomic E-state index is 13.2. The summed E-state index contributed by atoms with van der Waals surface area (Å²) in [5.41, 5.74) is 2.60. The van der Waals surface area contributed by atoms with Gasteiger partial charge in [-0.15, -0.1) is 11.3 Å². The Morgan fingerprint density at radius 1 is 1.06 bits per heavy atom. The second-order valence-electron chi connectivity index (χ2n) is 6.89. The van der Waals surface area contributed by atoms with Crippen molar-refractivity contribution in [3.8, 4) is 5.75 Å². The largest absolute Gasteiger partial charge is 0.482 e. The molecule has 1 atom stereocenters. The summed E-state index contributed by atoms with van der Waals surface area (Å²) in [6, 6.07) is 20.5. The van der Waals surface area contributed by atoms with E-state index in [-0.39, 0.29) is 18.6 Å². The molecule has 0 bridgehead atoms. The van der Waals surface area contributed by atoms with Crippen molar-refractivity contribution in [1.29, 1.82) is 0 Å². The van der Waals surface area contributed by atoms with Gasteiger partial charge in [-0.3, -0.25) is 4.79 Å². The van der Waals surface area contributed by atoms with Crippen LogP contribution < -0.4 is 4.74 Å². The lowest BCUT2D eigenvalue weighted by Gasteiger charge is -2.23. The zero-order valence-corrected chi connectivity index (χ0v) is 17.9. The minimum atomic E-state index is -0.434. The predicted octanol–water partition coefficient (Wildman–Crippen LogP) is 4.68. The summed E-state index contributed by atoms with van der Waals surface area (Å²) in [6.07, 6.45) is 0.543. The average molecular weight is 435 g/mol. The van der Waals surface area contributed by atoms with E-state index in [1.165, 1.54) is 16.3 Å². The van der Waals surface area contributed by atoms with Crippen LogP contribution in [0.25, 0.3) is 0 Å². The number of nitrogens with zero attached hydrogens (tertiary/aromatic N) is 2. The van der Waals surface area contributed by atoms with Crippen LogP contribution in [0.3, 0.4) is 0 Å². The fourth-order valence-corrected chi connectivity index (χ4v) is 4.14. The smallest absolute Gasteiger partial charge is 0.344 e. The first kappa shape index (κ1) is 20.8. The molecule has 6 nitrogen and oxygen atoms in total. The summed E-state index contributed by atoms with van der Waals surface area (Å²) in [4.78, 5) is 25.6. The number of carbonyl (C=O) groups is 2. The van der Waals surface area contributed by atoms with E-state index in [9.17, 15) is 9.59 Å². The van der Waals surface area contributed by atoms with E-state index in [0.29, 0.717) is 23.7 Å². The Hall–Kier alpha value is -3.45. The Kier molecular flexibility index (Phi) is 6.43. The Morgan fingerprint density at radius 2 is 1.84 bits per heavy atom. The van der Waals surface area contributed by atoms with Gasteiger partial charge in [0.05, 0.1) is 23.2 Å². The van der Waals surface area contributed by atoms with Crippen molar-refractivity contribution >= 4 is 28.9 Å². The lowest BCUT2D eigenvalue weighted by Crippen LogP contribution is -2.27. The molecule has 1 aliphatic rings. The third-order valence-corrected chi connectivity index (χ3v) is 5.74. The van der Waals surface area contributed by atoms with Gasteiger partial charge in [0.25, 0.3) is 5.91 Å². The predicted molar refractivity (Wildman–Crippen MR) is 119 cm³/mol. The molecule has 4 rings (SSSR count). The molecule has 0 aliphatic carbocycles. The van der Waals surface area contributed by atoms with Crippen LogP contribution in [0, 0.1) is 0 Å². The SMILES string of the molecule is CCOC(=O)COc1ccccc1[C@@H]1CC(c2ccccc2)=NN1C(=O)c1cccs1. The van der Waals surface area contributed by atoms with Crippen LogP contribution in [0.4, 0.5) is 0 Å². The second kappa shape index (κ2) is 9.57. The van der Waals surface area contributed by atoms with Crippen LogP contribution in [0.5, 0.6) is 5.75 Å². The Balaban J connectivity index is 1.66. The van der Waals surface area contributed by atoms with Gasteiger partial charge in [0, 0.05) is 12.0 Å². The number of ether oxygens (including phenoxy) is 2. The van der Waals surface area contributed by atoms with Gasteiger partial charge in [0.15, 0.2) is 6.61 Å². The molecule has 0 fully saturated rings. The van der Waals surface area contributed by atoms with E-state index < -0.39 is 5.97 Å². The average Bonchev–Trinajstić information content (AvgIpc) is 3.49. The molecule has 1 amide bonds. The molecule has 1 aromatic heterocycles. The lowest BCUT2D eigenvalue weighted by molar-refractivity contribution is -0.145. The number of para-hydroxylation sites is 1. The van der Waals surface area contributed by atoms with Gasteiger partial charge >= 0.3 is 5.97 Å². The molecule has 0 radical (unpaired) electrons. The molecule has 0 saturated carbocycles. The Labute approximate surface area is 184 Å². The van der Waals surface area contributed by atoms with Gasteiger partial charge in [-0.05, 0) is 30.0 Å². The number of benzene rings is 2. The number of hydrogen-bond acceptors (Lipinski definition) is 6. The summed E-state index contributed by atoms with van der Waals surface area (Å²) in [6.45, 7) is 1.85. The van der Waals surface area contributed by atoms with Crippen LogP contribution in [0.15, 0.2) is 77.2 Å². The molecule has 158 valence electrons. The fourth-order valence-electron chi connectivity index (χ4n) is 3.48. The van der Waals surface area contributed by atoms with Crippen molar-refractivity contribution in [3.63, 3.8) is 0 Å². The highest BCUT2D eigenvalue weighted by atomic mass is 32.1. The van der Waals surface area contributed by atoms with E-state index in [2.05, 4.69) is 0 Å². The number of esters is 1. The highest BCUT2D eigenvalue weighted by Crippen LogP contribution is 2.38. The molecular weight excluding hydrogens is 412 g/mol. The van der Waals surface area contributed by atoms with Crippen molar-refractivity contribution in [2.24, 2.45) is 5.10 Å². The highest BCUT2D eigenvalue weighted by Gasteiger charge is 2.35. The molecule has 3 aromatic rings. The number of rotatable bonds is 7. The third kappa shape index (κ3) is 4.67. The number of amides is 1. The van der Waals surface area contributed by atoms with Gasteiger partial charge in [0.2, 0.25) is 0 Å². The van der Waals surface area contributed by atoms with Crippen molar-refractivity contribution in [2.45, 2.75) is 19.4 Å². The highest BCUT2D eigenvalue weighted by molar-refractivity contribution is 7.12. The number of thiophene rings is 1. The molecule has 0 saturated heterocycles. The summed E-state index contributed by atoms with van der Waals surface area (Å²) in [5, 5.41) is 8.10. The molecule has 0 unspecified atom stereocenters. The summed E-state index contributed by atoms with van der Waals surface area (Å²) >= 11 is 1.38. The zero-order chi connectivity index (χ0) is 21.6. The normalized spacial score (nSPS) is 15.5. The number of hydrazone groups is 1. The number of carbonyl (C=O) groups excluding carboxylic acids is 2. The van der Waals surface area contributed by atoms with E-state index >= 15 is 0 Å². The minimum Gasteiger partial charge on any atom is -0.482 e. The maximum absolute atomic E-state index is 13.2. The van der Waals surface area contributed by atoms with Crippen LogP contribution in [0.2, 0.25) is 0 Å². The van der Waals surface area contributed by atoms with Crippen molar-refractivity contribution in [3.05, 3.63) is 88.1 Å². The van der Waals surface area contributed by atoms with Gasteiger partial charge in [0.1, 0.15) is 5.75 Å². The molecule has 7 heteroatoms. The summed E-state index contributed by atoms with van der Waals surface area (Å²) in [5.74, 6) is -0.0587. The lowest BCUT2D eigenvalue weighted by atomic mass is 9.97. The van der Waals surface area contributed by atoms with Crippen molar-refractivity contribution in [1.82, 2.24) is 5.01 Å². The number of hydrogen-bond donors (Lipinski definition) is 0. The van der Waals surface area contributed by atoms with Gasteiger partial charge in [-0.2, -0.15) is 5.10 Å². The first-order chi connectivity index (χ1) is 15.2. The fraction of sp³-hybridized carbons (Fsp3) is 0.208. The van der Waals surface area contributed by atoms with Gasteiger partial charge in [-0.1, -0.05) is 54.6 Å². The molecule has 31 heavy (non-hydrogen) atoms. The first-order valence-electron chi connectivity index (χ1n) is 10.0. The van der Waals surface area contributed by atoms with Crippen molar-refractivity contribution in [2.75, 3.05) is 13.2 Å². The monoisotopic (exact) mass is 434 g/mol. The topological polar surface area (TPSA) is 68.2 Å². The van der Waals surface area contributed by atoms with E-state index in [1.807, 2.05) is 60.0 Å². The van der Waals surface area contributed by atoms with Gasteiger partial charge in [-0.25, -0.2) is 9.80 Å². The molecule has 2 aromatic carbocycles. The molecule has 0 N–H and O–H groups in total. The summed E-state index contributed by atoms with van der Waals surface area (Å²) < 4.78 is 10.7. The molecule has 2 heterocycles. The molecule has 1 aliphatic heterocycles. The Morgan fingerprint density at radius 3 is 2.58 bits per heavy atom. The van der Waals surface area contributed by atoms with Crippen molar-refractivity contribution < 1.29 is 19.1 Å². The van der Waals surface area contributed by atoms with E-state index in [4.69, 9.17) is 14.6 Å². The van der Waals surface area contributed by atoms with Crippen LogP contribution >= 0.6 is 11.3 Å². The van der Waals surface area contributed by atoms with Crippen LogP contribution in [0.1, 0.15) is 40.2 Å². The Bertz CT molecular complexity index is 1080. The standard InChI is InChI=1S/C24H22N2O4S/c1-2-29-23(27)16-30-21-12-7-6-11-18(21)20-15-19(17-9-4-3-5-10-17)25-26(20)24(28)22-13-8-14-31-22/h3-14,20H,2,15-16H2,1H3/t20-/m0/s1. The first-order valence-corrected chi connectivity index (χ1v) is 10.9. The third-order valence-electron chi connectivity index (χ3n) is 4.89. The van der Waals surface area contributed by atoms with E-state index in [1.54, 1.807) is 19.1 Å². The van der Waals surface area contributed by atoms with E-state index in [0.717, 1.165) is 16.8 Å². The van der Waals surface area contributed by atoms with Gasteiger partial charge < -0.3 is 9.47 Å². The summed E-state index contributed by atoms with van der Waals surface area (Å²) in [7, 11) is 0. The molecule has 0 spiro atoms. The zero-order valence-electron chi connectivity index (χ0n) is 17.1. The van der Waals surface area contributed by atoms with Crippen LogP contribution in [-0.2, 0) is 9.53 Å². The second-order valence-corrected chi connectivity index (χ2v) is 7.84.